The van der Waals surface area contributed by atoms with Crippen molar-refractivity contribution in [2.45, 2.75) is 12.5 Å². The quantitative estimate of drug-likeness (QED) is 0.908. The first kappa shape index (κ1) is 13.7. The van der Waals surface area contributed by atoms with E-state index in [0.29, 0.717) is 6.42 Å². The van der Waals surface area contributed by atoms with E-state index in [-0.39, 0.29) is 11.1 Å². The van der Waals surface area contributed by atoms with Gasteiger partial charge in [0.05, 0.1) is 11.7 Å². The van der Waals surface area contributed by atoms with E-state index in [1.54, 1.807) is 12.1 Å². The fourth-order valence-corrected chi connectivity index (χ4v) is 2.49. The highest BCUT2D eigenvalue weighted by Gasteiger charge is 2.22. The molecule has 0 amide bonds. The van der Waals surface area contributed by atoms with Crippen LogP contribution in [0.3, 0.4) is 0 Å². The molecular formula is C13H17ClF2N2. The lowest BCUT2D eigenvalue weighted by molar-refractivity contribution is 0.157. The van der Waals surface area contributed by atoms with Gasteiger partial charge in [0.25, 0.3) is 0 Å². The Morgan fingerprint density at radius 3 is 2.67 bits per heavy atom. The fraction of sp³-hybridized carbons (Fsp3) is 0.538. The monoisotopic (exact) mass is 274 g/mol. The summed E-state index contributed by atoms with van der Waals surface area (Å²) in [7, 11) is 0. The minimum absolute atomic E-state index is 0.0659. The van der Waals surface area contributed by atoms with Crippen molar-refractivity contribution in [3.8, 4) is 0 Å². The van der Waals surface area contributed by atoms with Gasteiger partial charge in [-0.3, -0.25) is 9.29 Å². The first-order valence-electron chi connectivity index (χ1n) is 6.18. The van der Waals surface area contributed by atoms with Crippen LogP contribution in [0.25, 0.3) is 0 Å². The van der Waals surface area contributed by atoms with Crippen LogP contribution < -0.4 is 5.32 Å². The maximum absolute atomic E-state index is 13.5. The first-order valence-corrected chi connectivity index (χ1v) is 6.56. The number of alkyl halides is 1. The molecule has 0 saturated carbocycles. The summed E-state index contributed by atoms with van der Waals surface area (Å²) in [4.78, 5) is 2.19. The third-order valence-electron chi connectivity index (χ3n) is 3.30. The van der Waals surface area contributed by atoms with Crippen LogP contribution in [0.1, 0.15) is 18.0 Å². The van der Waals surface area contributed by atoms with Gasteiger partial charge in [-0.15, -0.1) is 0 Å². The Bertz CT molecular complexity index is 395. The Morgan fingerprint density at radius 2 is 2.06 bits per heavy atom. The van der Waals surface area contributed by atoms with Gasteiger partial charge in [-0.2, -0.15) is 0 Å². The second-order valence-corrected chi connectivity index (χ2v) is 4.86. The second kappa shape index (κ2) is 6.45. The van der Waals surface area contributed by atoms with Gasteiger partial charge < -0.3 is 5.32 Å². The van der Waals surface area contributed by atoms with Gasteiger partial charge in [-0.25, -0.2) is 4.39 Å². The molecule has 1 aliphatic heterocycles. The fourth-order valence-electron chi connectivity index (χ4n) is 2.38. The molecule has 2 nitrogen and oxygen atoms in total. The van der Waals surface area contributed by atoms with E-state index in [2.05, 4.69) is 10.2 Å². The van der Waals surface area contributed by atoms with E-state index < -0.39 is 12.5 Å². The summed E-state index contributed by atoms with van der Waals surface area (Å²) in [6.45, 7) is 3.08. The molecule has 1 saturated heterocycles. The lowest BCUT2D eigenvalue weighted by Gasteiger charge is -2.35. The molecule has 1 aliphatic rings. The highest BCUT2D eigenvalue weighted by Crippen LogP contribution is 2.27. The summed E-state index contributed by atoms with van der Waals surface area (Å²) in [6.07, 6.45) is 0.390. The number of benzene rings is 1. The minimum Gasteiger partial charge on any atom is -0.314 e. The molecule has 5 heteroatoms. The number of halogens is 3. The number of nitrogens with zero attached hydrogens (tertiary/aromatic N) is 1. The maximum Gasteiger partial charge on any atom is 0.142 e. The lowest BCUT2D eigenvalue weighted by atomic mass is 10.0. The SMILES string of the molecule is FCC[C@H](c1ccc(Cl)c(F)c1)N1CCNCC1. The lowest BCUT2D eigenvalue weighted by Crippen LogP contribution is -2.45. The average molecular weight is 275 g/mol. The summed E-state index contributed by atoms with van der Waals surface area (Å²) in [5.41, 5.74) is 0.802. The van der Waals surface area contributed by atoms with Crippen LogP contribution >= 0.6 is 11.6 Å². The Hall–Kier alpha value is -0.710. The van der Waals surface area contributed by atoms with Crippen LogP contribution in [-0.2, 0) is 0 Å². The first-order chi connectivity index (χ1) is 8.72. The van der Waals surface area contributed by atoms with E-state index in [4.69, 9.17) is 11.6 Å². The summed E-state index contributed by atoms with van der Waals surface area (Å²) >= 11 is 5.68. The summed E-state index contributed by atoms with van der Waals surface area (Å²) in [5, 5.41) is 3.36. The van der Waals surface area contributed by atoms with Gasteiger partial charge in [0, 0.05) is 32.2 Å². The Kier molecular flexibility index (Phi) is 4.92. The number of rotatable bonds is 4. The van der Waals surface area contributed by atoms with Crippen molar-refractivity contribution < 1.29 is 8.78 Å². The predicted molar refractivity (Wildman–Crippen MR) is 69.2 cm³/mol. The van der Waals surface area contributed by atoms with Gasteiger partial charge in [0.2, 0.25) is 0 Å². The van der Waals surface area contributed by atoms with Gasteiger partial charge in [-0.05, 0) is 24.1 Å². The van der Waals surface area contributed by atoms with Crippen LogP contribution in [-0.4, -0.2) is 37.8 Å². The maximum atomic E-state index is 13.5. The van der Waals surface area contributed by atoms with Crippen molar-refractivity contribution in [1.29, 1.82) is 0 Å². The largest absolute Gasteiger partial charge is 0.314 e. The van der Waals surface area contributed by atoms with Crippen molar-refractivity contribution >= 4 is 11.6 Å². The van der Waals surface area contributed by atoms with E-state index in [9.17, 15) is 8.78 Å². The number of hydrogen-bond acceptors (Lipinski definition) is 2. The molecule has 0 unspecified atom stereocenters. The topological polar surface area (TPSA) is 15.3 Å². The number of hydrogen-bond donors (Lipinski definition) is 1. The van der Waals surface area contributed by atoms with Gasteiger partial charge in [-0.1, -0.05) is 17.7 Å². The summed E-state index contributed by atoms with van der Waals surface area (Å²) in [5.74, 6) is -0.437. The standard InChI is InChI=1S/C13H17ClF2N2/c14-11-2-1-10(9-12(11)16)13(3-4-15)18-7-5-17-6-8-18/h1-2,9,13,17H,3-8H2/t13-/m1/s1. The molecule has 2 rings (SSSR count). The Balaban J connectivity index is 2.19. The number of nitrogens with one attached hydrogen (secondary N) is 1. The van der Waals surface area contributed by atoms with Gasteiger partial charge in [0.15, 0.2) is 0 Å². The van der Waals surface area contributed by atoms with E-state index in [0.717, 1.165) is 31.7 Å². The molecule has 0 aliphatic carbocycles. The van der Waals surface area contributed by atoms with Gasteiger partial charge >= 0.3 is 0 Å². The van der Waals surface area contributed by atoms with E-state index in [1.807, 2.05) is 0 Å². The zero-order valence-electron chi connectivity index (χ0n) is 10.1. The highest BCUT2D eigenvalue weighted by atomic mass is 35.5. The third-order valence-corrected chi connectivity index (χ3v) is 3.61. The zero-order chi connectivity index (χ0) is 13.0. The van der Waals surface area contributed by atoms with Crippen molar-refractivity contribution in [3.63, 3.8) is 0 Å². The van der Waals surface area contributed by atoms with Crippen molar-refractivity contribution in [2.75, 3.05) is 32.9 Å². The molecule has 0 bridgehead atoms. The smallest absolute Gasteiger partial charge is 0.142 e. The summed E-state index contributed by atoms with van der Waals surface area (Å²) < 4.78 is 26.2. The van der Waals surface area contributed by atoms with Gasteiger partial charge in [0.1, 0.15) is 5.82 Å². The Morgan fingerprint density at radius 1 is 1.33 bits per heavy atom. The molecule has 100 valence electrons. The van der Waals surface area contributed by atoms with E-state index >= 15 is 0 Å². The Labute approximate surface area is 111 Å². The van der Waals surface area contributed by atoms with E-state index in [1.165, 1.54) is 6.07 Å². The van der Waals surface area contributed by atoms with Crippen LogP contribution in [0.2, 0.25) is 5.02 Å². The minimum atomic E-state index is -0.437. The van der Waals surface area contributed by atoms with Crippen molar-refractivity contribution in [2.24, 2.45) is 0 Å². The van der Waals surface area contributed by atoms with Crippen LogP contribution in [0.5, 0.6) is 0 Å². The van der Waals surface area contributed by atoms with Crippen molar-refractivity contribution in [3.05, 3.63) is 34.6 Å². The molecule has 1 heterocycles. The molecule has 0 spiro atoms. The normalized spacial score (nSPS) is 18.8. The summed E-state index contributed by atoms with van der Waals surface area (Å²) in [6, 6.07) is 4.68. The molecule has 0 radical (unpaired) electrons. The molecular weight excluding hydrogens is 258 g/mol. The molecule has 18 heavy (non-hydrogen) atoms. The van der Waals surface area contributed by atoms with Crippen molar-refractivity contribution in [1.82, 2.24) is 10.2 Å². The second-order valence-electron chi connectivity index (χ2n) is 4.45. The highest BCUT2D eigenvalue weighted by molar-refractivity contribution is 6.30. The molecule has 1 fully saturated rings. The molecule has 1 aromatic rings. The van der Waals surface area contributed by atoms with Crippen LogP contribution in [0.4, 0.5) is 8.78 Å². The molecule has 1 N–H and O–H groups in total. The number of piperazine rings is 1. The molecule has 0 aromatic heterocycles. The average Bonchev–Trinajstić information content (AvgIpc) is 2.40. The third kappa shape index (κ3) is 3.19. The van der Waals surface area contributed by atoms with Crippen LogP contribution in [0, 0.1) is 5.82 Å². The van der Waals surface area contributed by atoms with Crippen LogP contribution in [0.15, 0.2) is 18.2 Å². The zero-order valence-corrected chi connectivity index (χ0v) is 10.9. The predicted octanol–water partition coefficient (Wildman–Crippen LogP) is 2.79. The molecule has 1 atom stereocenters. The molecule has 1 aromatic carbocycles.